The molecule has 6 nitrogen and oxygen atoms in total. The molecule has 0 amide bonds. The molecule has 3 aromatic carbocycles. The zero-order valence-corrected chi connectivity index (χ0v) is 15.2. The third-order valence-corrected chi connectivity index (χ3v) is 4.19. The summed E-state index contributed by atoms with van der Waals surface area (Å²) < 4.78 is 0. The summed E-state index contributed by atoms with van der Waals surface area (Å²) in [4.78, 5) is 11.8. The third kappa shape index (κ3) is 4.00. The Kier molecular flexibility index (Phi) is 5.38. The highest BCUT2D eigenvalue weighted by Crippen LogP contribution is 2.30. The molecule has 138 valence electrons. The highest BCUT2D eigenvalue weighted by molar-refractivity contribution is 6.43. The number of nitrogens with two attached hydrogens (primary N) is 1. The van der Waals surface area contributed by atoms with E-state index in [1.54, 1.807) is 18.2 Å². The molecule has 6 heteroatoms. The van der Waals surface area contributed by atoms with Crippen molar-refractivity contribution in [3.63, 3.8) is 0 Å². The van der Waals surface area contributed by atoms with Gasteiger partial charge in [0.1, 0.15) is 6.07 Å². The number of carbonyl (C=O) groups is 1. The fraction of sp³-hybridized carbons (Fsp3) is 0.0455. The van der Waals surface area contributed by atoms with Crippen molar-refractivity contribution >= 4 is 23.1 Å². The van der Waals surface area contributed by atoms with Crippen molar-refractivity contribution in [2.75, 3.05) is 11.2 Å². The standard InChI is InChI=1S/C22H18N4O2/c1-14-7-9-15(10-8-14)18-11-16(12-20(24)19(18)13-23)21(22(27)28)26-25-17-5-3-2-4-6-17/h2-12,25H,24H2,1H3,(H,27,28)/b26-21+. The Balaban J connectivity index is 2.10. The lowest BCUT2D eigenvalue weighted by molar-refractivity contribution is -0.129. The number of nitrogens with zero attached hydrogens (tertiary/aromatic N) is 2. The second-order valence-electron chi connectivity index (χ2n) is 6.21. The average molecular weight is 370 g/mol. The number of hydrogen-bond donors (Lipinski definition) is 3. The Hall–Kier alpha value is -4.11. The number of nitrogens with one attached hydrogen (secondary N) is 1. The van der Waals surface area contributed by atoms with E-state index in [9.17, 15) is 15.2 Å². The Morgan fingerprint density at radius 1 is 1.11 bits per heavy atom. The van der Waals surface area contributed by atoms with Gasteiger partial charge in [-0.3, -0.25) is 5.43 Å². The quantitative estimate of drug-likeness (QED) is 0.357. The molecule has 0 saturated heterocycles. The van der Waals surface area contributed by atoms with E-state index < -0.39 is 5.97 Å². The first-order valence-electron chi connectivity index (χ1n) is 8.52. The molecule has 0 unspecified atom stereocenters. The van der Waals surface area contributed by atoms with Gasteiger partial charge in [-0.15, -0.1) is 0 Å². The lowest BCUT2D eigenvalue weighted by atomic mass is 9.94. The first-order chi connectivity index (χ1) is 13.5. The molecule has 28 heavy (non-hydrogen) atoms. The van der Waals surface area contributed by atoms with Gasteiger partial charge in [0.15, 0.2) is 5.71 Å². The number of rotatable bonds is 5. The molecule has 0 heterocycles. The van der Waals surface area contributed by atoms with Gasteiger partial charge in [-0.25, -0.2) is 4.79 Å². The topological polar surface area (TPSA) is 112 Å². The number of aryl methyl sites for hydroxylation is 1. The largest absolute Gasteiger partial charge is 0.476 e. The summed E-state index contributed by atoms with van der Waals surface area (Å²) in [5.74, 6) is -1.21. The molecule has 0 bridgehead atoms. The highest BCUT2D eigenvalue weighted by atomic mass is 16.4. The van der Waals surface area contributed by atoms with Crippen molar-refractivity contribution in [2.45, 2.75) is 6.92 Å². The minimum atomic E-state index is -1.21. The maximum Gasteiger partial charge on any atom is 0.356 e. The van der Waals surface area contributed by atoms with E-state index in [4.69, 9.17) is 5.73 Å². The van der Waals surface area contributed by atoms with E-state index in [-0.39, 0.29) is 11.4 Å². The number of hydrazone groups is 1. The summed E-state index contributed by atoms with van der Waals surface area (Å²) in [5.41, 5.74) is 12.5. The van der Waals surface area contributed by atoms with Crippen molar-refractivity contribution in [3.05, 3.63) is 83.4 Å². The molecule has 0 radical (unpaired) electrons. The SMILES string of the molecule is Cc1ccc(-c2cc(/C(=N\Nc3ccccc3)C(=O)O)cc(N)c2C#N)cc1. The second-order valence-corrected chi connectivity index (χ2v) is 6.21. The zero-order chi connectivity index (χ0) is 20.1. The lowest BCUT2D eigenvalue weighted by Gasteiger charge is -2.11. The Morgan fingerprint density at radius 3 is 2.39 bits per heavy atom. The van der Waals surface area contributed by atoms with Crippen LogP contribution in [-0.2, 0) is 4.79 Å². The van der Waals surface area contributed by atoms with Gasteiger partial charge < -0.3 is 10.8 Å². The minimum absolute atomic E-state index is 0.198. The van der Waals surface area contributed by atoms with Gasteiger partial charge in [0.05, 0.1) is 16.9 Å². The van der Waals surface area contributed by atoms with Crippen molar-refractivity contribution in [2.24, 2.45) is 5.10 Å². The van der Waals surface area contributed by atoms with Crippen molar-refractivity contribution in [1.82, 2.24) is 0 Å². The molecule has 0 aliphatic heterocycles. The summed E-state index contributed by atoms with van der Waals surface area (Å²) in [6.07, 6.45) is 0. The molecule has 3 aromatic rings. The normalized spacial score (nSPS) is 10.9. The van der Waals surface area contributed by atoms with Gasteiger partial charge in [0.25, 0.3) is 0 Å². The number of nitriles is 1. The molecule has 3 rings (SSSR count). The molecule has 0 atom stereocenters. The van der Waals surface area contributed by atoms with Crippen LogP contribution in [0, 0.1) is 18.3 Å². The van der Waals surface area contributed by atoms with Gasteiger partial charge in [0, 0.05) is 11.1 Å². The van der Waals surface area contributed by atoms with Gasteiger partial charge in [-0.2, -0.15) is 10.4 Å². The molecule has 0 saturated carbocycles. The number of carboxylic acids is 1. The predicted octanol–water partition coefficient (Wildman–Crippen LogP) is 4.02. The van der Waals surface area contributed by atoms with E-state index in [1.807, 2.05) is 49.4 Å². The summed E-state index contributed by atoms with van der Waals surface area (Å²) >= 11 is 0. The predicted molar refractivity (Wildman–Crippen MR) is 110 cm³/mol. The first-order valence-corrected chi connectivity index (χ1v) is 8.52. The maximum absolute atomic E-state index is 11.8. The molecule has 4 N–H and O–H groups in total. The van der Waals surface area contributed by atoms with Crippen LogP contribution in [0.4, 0.5) is 11.4 Å². The van der Waals surface area contributed by atoms with E-state index in [0.29, 0.717) is 22.4 Å². The summed E-state index contributed by atoms with van der Waals surface area (Å²) in [6.45, 7) is 1.96. The number of para-hydroxylation sites is 1. The van der Waals surface area contributed by atoms with Crippen molar-refractivity contribution < 1.29 is 9.90 Å². The second kappa shape index (κ2) is 8.06. The third-order valence-electron chi connectivity index (χ3n) is 4.19. The van der Waals surface area contributed by atoms with Crippen LogP contribution >= 0.6 is 0 Å². The lowest BCUT2D eigenvalue weighted by Crippen LogP contribution is -2.17. The number of nitrogen functional groups attached to an aromatic ring is 1. The number of hydrogen-bond acceptors (Lipinski definition) is 5. The average Bonchev–Trinajstić information content (AvgIpc) is 2.69. The van der Waals surface area contributed by atoms with E-state index >= 15 is 0 Å². The first kappa shape index (κ1) is 18.7. The molecule has 0 fully saturated rings. The molecule has 0 aromatic heterocycles. The van der Waals surface area contributed by atoms with E-state index in [0.717, 1.165) is 11.1 Å². The van der Waals surface area contributed by atoms with Gasteiger partial charge in [-0.05, 0) is 36.8 Å². The van der Waals surface area contributed by atoms with Crippen LogP contribution in [0.5, 0.6) is 0 Å². The summed E-state index contributed by atoms with van der Waals surface area (Å²) in [5, 5.41) is 23.2. The van der Waals surface area contributed by atoms with E-state index in [2.05, 4.69) is 16.6 Å². The van der Waals surface area contributed by atoms with Crippen LogP contribution in [0.3, 0.4) is 0 Å². The smallest absolute Gasteiger partial charge is 0.356 e. The van der Waals surface area contributed by atoms with E-state index in [1.165, 1.54) is 6.07 Å². The molecule has 0 aliphatic rings. The van der Waals surface area contributed by atoms with Crippen molar-refractivity contribution in [3.8, 4) is 17.2 Å². The van der Waals surface area contributed by atoms with Crippen LogP contribution in [0.1, 0.15) is 16.7 Å². The zero-order valence-electron chi connectivity index (χ0n) is 15.2. The van der Waals surface area contributed by atoms with Crippen LogP contribution in [0.25, 0.3) is 11.1 Å². The highest BCUT2D eigenvalue weighted by Gasteiger charge is 2.18. The fourth-order valence-corrected chi connectivity index (χ4v) is 2.76. The Morgan fingerprint density at radius 2 is 1.79 bits per heavy atom. The fourth-order valence-electron chi connectivity index (χ4n) is 2.76. The van der Waals surface area contributed by atoms with Crippen LogP contribution in [-0.4, -0.2) is 16.8 Å². The van der Waals surface area contributed by atoms with Gasteiger partial charge >= 0.3 is 5.97 Å². The molecule has 0 aliphatic carbocycles. The Bertz CT molecular complexity index is 1080. The van der Waals surface area contributed by atoms with Crippen LogP contribution in [0.15, 0.2) is 71.8 Å². The number of anilines is 2. The van der Waals surface area contributed by atoms with Crippen LogP contribution < -0.4 is 11.2 Å². The van der Waals surface area contributed by atoms with Gasteiger partial charge in [0.2, 0.25) is 0 Å². The monoisotopic (exact) mass is 370 g/mol. The molecular weight excluding hydrogens is 352 g/mol. The maximum atomic E-state index is 11.8. The number of aliphatic carboxylic acids is 1. The number of benzene rings is 3. The summed E-state index contributed by atoms with van der Waals surface area (Å²) in [7, 11) is 0. The Labute approximate surface area is 162 Å². The van der Waals surface area contributed by atoms with Gasteiger partial charge in [-0.1, -0.05) is 48.0 Å². The van der Waals surface area contributed by atoms with Crippen LogP contribution in [0.2, 0.25) is 0 Å². The van der Waals surface area contributed by atoms with Crippen molar-refractivity contribution in [1.29, 1.82) is 5.26 Å². The summed E-state index contributed by atoms with van der Waals surface area (Å²) in [6, 6.07) is 21.8. The minimum Gasteiger partial charge on any atom is -0.476 e. The molecule has 0 spiro atoms. The molecular formula is C22H18N4O2. The number of carboxylic acid groups (broad SMARTS) is 1.